The molecule has 0 aliphatic rings. The average Bonchev–Trinajstić information content (AvgIpc) is 2.92. The van der Waals surface area contributed by atoms with Gasteiger partial charge in [-0.25, -0.2) is 14.3 Å². The van der Waals surface area contributed by atoms with Crippen LogP contribution in [0.25, 0.3) is 0 Å². The number of hydrogen-bond acceptors (Lipinski definition) is 6. The number of rotatable bonds is 9. The molecule has 0 fully saturated rings. The van der Waals surface area contributed by atoms with Gasteiger partial charge in [0.2, 0.25) is 5.91 Å². The van der Waals surface area contributed by atoms with Crippen LogP contribution in [0.4, 0.5) is 14.5 Å². The molecule has 9 nitrogen and oxygen atoms in total. The summed E-state index contributed by atoms with van der Waals surface area (Å²) in [4.78, 5) is 36.1. The Labute approximate surface area is 223 Å². The molecular weight excluding hydrogens is 510 g/mol. The standard InChI is InChI=1S/C28H26F2N4O5/c1-17(35)26(28(38)34-39)33-27(37)20-8-4-18(5-9-20)2-3-19-6-12-23(13-7-19)32-25(36)16-31-15-21-10-11-22(29)14-24(21)30/h4-14,17,26,31,35,39H,15-16H2,1H3,(H,32,36)(H,33,37)(H,34,38)/t17-,26+/m1/s1. The molecule has 0 saturated carbocycles. The molecule has 202 valence electrons. The summed E-state index contributed by atoms with van der Waals surface area (Å²) in [6.45, 7) is 1.31. The molecule has 2 atom stereocenters. The van der Waals surface area contributed by atoms with Gasteiger partial charge >= 0.3 is 0 Å². The summed E-state index contributed by atoms with van der Waals surface area (Å²) in [6, 6.07) is 15.0. The van der Waals surface area contributed by atoms with E-state index in [1.807, 2.05) is 0 Å². The number of hydrogen-bond donors (Lipinski definition) is 6. The van der Waals surface area contributed by atoms with Gasteiger partial charge in [0, 0.05) is 40.6 Å². The lowest BCUT2D eigenvalue weighted by Gasteiger charge is -2.19. The monoisotopic (exact) mass is 536 g/mol. The maximum atomic E-state index is 13.6. The van der Waals surface area contributed by atoms with E-state index in [-0.39, 0.29) is 30.1 Å². The fraction of sp³-hybridized carbons (Fsp3) is 0.179. The summed E-state index contributed by atoms with van der Waals surface area (Å²) in [5, 5.41) is 26.2. The molecule has 0 heterocycles. The number of carbonyl (C=O) groups excluding carboxylic acids is 3. The van der Waals surface area contributed by atoms with E-state index in [2.05, 4.69) is 27.8 Å². The van der Waals surface area contributed by atoms with Crippen molar-refractivity contribution in [2.24, 2.45) is 0 Å². The van der Waals surface area contributed by atoms with E-state index in [4.69, 9.17) is 5.21 Å². The zero-order valence-electron chi connectivity index (χ0n) is 20.8. The second-order valence-corrected chi connectivity index (χ2v) is 8.46. The van der Waals surface area contributed by atoms with Gasteiger partial charge in [-0.15, -0.1) is 0 Å². The van der Waals surface area contributed by atoms with Gasteiger partial charge in [-0.3, -0.25) is 19.6 Å². The van der Waals surface area contributed by atoms with Gasteiger partial charge in [0.05, 0.1) is 12.6 Å². The van der Waals surface area contributed by atoms with Crippen molar-refractivity contribution in [3.63, 3.8) is 0 Å². The lowest BCUT2D eigenvalue weighted by molar-refractivity contribution is -0.133. The van der Waals surface area contributed by atoms with Crippen LogP contribution in [0.2, 0.25) is 0 Å². The van der Waals surface area contributed by atoms with Crippen LogP contribution in [0.3, 0.4) is 0 Å². The molecular formula is C28H26F2N4O5. The Morgan fingerprint density at radius 3 is 2.10 bits per heavy atom. The minimum Gasteiger partial charge on any atom is -0.391 e. The zero-order chi connectivity index (χ0) is 28.4. The summed E-state index contributed by atoms with van der Waals surface area (Å²) >= 11 is 0. The Bertz CT molecular complexity index is 1380. The molecule has 0 unspecified atom stereocenters. The lowest BCUT2D eigenvalue weighted by Crippen LogP contribution is -2.51. The number of anilines is 1. The van der Waals surface area contributed by atoms with Crippen molar-refractivity contribution >= 4 is 23.4 Å². The Morgan fingerprint density at radius 2 is 1.54 bits per heavy atom. The lowest BCUT2D eigenvalue weighted by atomic mass is 10.1. The number of aliphatic hydroxyl groups is 1. The zero-order valence-corrected chi connectivity index (χ0v) is 20.8. The van der Waals surface area contributed by atoms with E-state index in [9.17, 15) is 28.3 Å². The third kappa shape index (κ3) is 8.72. The number of hydroxylamine groups is 1. The van der Waals surface area contributed by atoms with Crippen molar-refractivity contribution in [3.8, 4) is 11.8 Å². The topological polar surface area (TPSA) is 140 Å². The van der Waals surface area contributed by atoms with Crippen LogP contribution in [0.1, 0.15) is 34.0 Å². The molecule has 0 aromatic heterocycles. The van der Waals surface area contributed by atoms with Gasteiger partial charge in [-0.2, -0.15) is 0 Å². The number of aliphatic hydroxyl groups excluding tert-OH is 1. The fourth-order valence-electron chi connectivity index (χ4n) is 3.37. The van der Waals surface area contributed by atoms with Gasteiger partial charge in [-0.05, 0) is 61.5 Å². The summed E-state index contributed by atoms with van der Waals surface area (Å²) < 4.78 is 26.6. The predicted octanol–water partition coefficient (Wildman–Crippen LogP) is 2.08. The van der Waals surface area contributed by atoms with Crippen LogP contribution in [-0.2, 0) is 16.1 Å². The Morgan fingerprint density at radius 1 is 0.923 bits per heavy atom. The highest BCUT2D eigenvalue weighted by Gasteiger charge is 2.25. The van der Waals surface area contributed by atoms with Crippen LogP contribution >= 0.6 is 0 Å². The van der Waals surface area contributed by atoms with E-state index in [0.29, 0.717) is 16.8 Å². The first-order chi connectivity index (χ1) is 18.7. The molecule has 3 aromatic rings. The van der Waals surface area contributed by atoms with Crippen molar-refractivity contribution in [3.05, 3.63) is 101 Å². The van der Waals surface area contributed by atoms with E-state index >= 15 is 0 Å². The third-order valence-corrected chi connectivity index (χ3v) is 5.44. The quantitative estimate of drug-likeness (QED) is 0.141. The van der Waals surface area contributed by atoms with Crippen molar-refractivity contribution < 1.29 is 33.5 Å². The molecule has 0 saturated heterocycles. The van der Waals surface area contributed by atoms with Crippen LogP contribution in [0, 0.1) is 23.5 Å². The molecule has 6 N–H and O–H groups in total. The molecule has 0 spiro atoms. The summed E-state index contributed by atoms with van der Waals surface area (Å²) in [7, 11) is 0. The molecule has 39 heavy (non-hydrogen) atoms. The van der Waals surface area contributed by atoms with E-state index in [0.717, 1.165) is 12.1 Å². The van der Waals surface area contributed by atoms with Crippen LogP contribution in [0.15, 0.2) is 66.7 Å². The minimum atomic E-state index is -1.32. The third-order valence-electron chi connectivity index (χ3n) is 5.44. The smallest absolute Gasteiger partial charge is 0.268 e. The van der Waals surface area contributed by atoms with E-state index in [1.165, 1.54) is 30.6 Å². The molecule has 0 aliphatic carbocycles. The van der Waals surface area contributed by atoms with Crippen LogP contribution in [0.5, 0.6) is 0 Å². The first kappa shape index (κ1) is 28.9. The highest BCUT2D eigenvalue weighted by atomic mass is 19.1. The van der Waals surface area contributed by atoms with Gasteiger partial charge < -0.3 is 21.1 Å². The van der Waals surface area contributed by atoms with Crippen molar-refractivity contribution in [1.82, 2.24) is 16.1 Å². The Kier molecular flexibility index (Phi) is 10.2. The molecule has 0 bridgehead atoms. The van der Waals surface area contributed by atoms with Crippen LogP contribution in [-0.4, -0.2) is 46.7 Å². The van der Waals surface area contributed by atoms with Crippen LogP contribution < -0.4 is 21.4 Å². The van der Waals surface area contributed by atoms with Gasteiger partial charge in [0.15, 0.2) is 0 Å². The molecule has 11 heteroatoms. The fourth-order valence-corrected chi connectivity index (χ4v) is 3.37. The maximum absolute atomic E-state index is 13.6. The van der Waals surface area contributed by atoms with Crippen molar-refractivity contribution in [1.29, 1.82) is 0 Å². The second-order valence-electron chi connectivity index (χ2n) is 8.46. The SMILES string of the molecule is C[C@@H](O)[C@H](NC(=O)c1ccc(C#Cc2ccc(NC(=O)CNCc3ccc(F)cc3F)cc2)cc1)C(=O)NO. The molecule has 3 aromatic carbocycles. The summed E-state index contributed by atoms with van der Waals surface area (Å²) in [5.41, 5.74) is 3.72. The van der Waals surface area contributed by atoms with E-state index in [1.54, 1.807) is 36.4 Å². The summed E-state index contributed by atoms with van der Waals surface area (Å²) in [6.07, 6.45) is -1.22. The summed E-state index contributed by atoms with van der Waals surface area (Å²) in [5.74, 6) is 2.68. The second kappa shape index (κ2) is 13.8. The number of amides is 3. The van der Waals surface area contributed by atoms with Crippen molar-refractivity contribution in [2.75, 3.05) is 11.9 Å². The van der Waals surface area contributed by atoms with E-state index < -0.39 is 35.6 Å². The number of nitrogens with one attached hydrogen (secondary N) is 4. The minimum absolute atomic E-state index is 0.0687. The predicted molar refractivity (Wildman–Crippen MR) is 138 cm³/mol. The van der Waals surface area contributed by atoms with Gasteiger partial charge in [0.1, 0.15) is 17.7 Å². The maximum Gasteiger partial charge on any atom is 0.268 e. The molecule has 3 rings (SSSR count). The van der Waals surface area contributed by atoms with Crippen molar-refractivity contribution in [2.45, 2.75) is 25.6 Å². The molecule has 0 aliphatic heterocycles. The Hall–Kier alpha value is -4.63. The van der Waals surface area contributed by atoms with Gasteiger partial charge in [-0.1, -0.05) is 17.9 Å². The number of halogens is 2. The first-order valence-electron chi connectivity index (χ1n) is 11.8. The number of benzene rings is 3. The highest BCUT2D eigenvalue weighted by Crippen LogP contribution is 2.11. The molecule has 3 amide bonds. The normalized spacial score (nSPS) is 11.9. The Balaban J connectivity index is 1.50. The largest absolute Gasteiger partial charge is 0.391 e. The molecule has 0 radical (unpaired) electrons. The highest BCUT2D eigenvalue weighted by molar-refractivity contribution is 5.97. The first-order valence-corrected chi connectivity index (χ1v) is 11.8. The van der Waals surface area contributed by atoms with Gasteiger partial charge in [0.25, 0.3) is 11.8 Å². The average molecular weight is 537 g/mol. The number of carbonyl (C=O) groups is 3.